The van der Waals surface area contributed by atoms with Gasteiger partial charge in [0.25, 0.3) is 0 Å². The molecule has 0 saturated carbocycles. The summed E-state index contributed by atoms with van der Waals surface area (Å²) in [5, 5.41) is 10.5. The van der Waals surface area contributed by atoms with E-state index in [4.69, 9.17) is 0 Å². The van der Waals surface area contributed by atoms with Gasteiger partial charge in [0.2, 0.25) is 0 Å². The van der Waals surface area contributed by atoms with Crippen molar-refractivity contribution in [2.45, 2.75) is 31.8 Å². The van der Waals surface area contributed by atoms with Crippen molar-refractivity contribution in [2.75, 3.05) is 19.6 Å². The minimum Gasteiger partial charge on any atom is -0.388 e. The van der Waals surface area contributed by atoms with Crippen molar-refractivity contribution in [3.8, 4) is 0 Å². The molecule has 122 valence electrons. The van der Waals surface area contributed by atoms with E-state index in [1.807, 2.05) is 30.3 Å². The highest BCUT2D eigenvalue weighted by molar-refractivity contribution is 5.18. The molecule has 1 aliphatic rings. The molecule has 1 saturated heterocycles. The SMILES string of the molecule is OC(c1ccccc1)C1CCN(CCCc2ccccc2)CC1. The van der Waals surface area contributed by atoms with E-state index in [-0.39, 0.29) is 6.10 Å². The van der Waals surface area contributed by atoms with Crippen molar-refractivity contribution in [2.24, 2.45) is 5.92 Å². The van der Waals surface area contributed by atoms with E-state index >= 15 is 0 Å². The number of aliphatic hydroxyl groups is 1. The zero-order chi connectivity index (χ0) is 15.9. The average molecular weight is 309 g/mol. The Labute approximate surface area is 139 Å². The van der Waals surface area contributed by atoms with Gasteiger partial charge in [0.1, 0.15) is 0 Å². The Balaban J connectivity index is 1.40. The minimum atomic E-state index is -0.303. The van der Waals surface area contributed by atoms with E-state index in [1.165, 1.54) is 18.5 Å². The highest BCUT2D eigenvalue weighted by atomic mass is 16.3. The molecule has 0 bridgehead atoms. The average Bonchev–Trinajstić information content (AvgIpc) is 2.63. The zero-order valence-corrected chi connectivity index (χ0v) is 13.8. The summed E-state index contributed by atoms with van der Waals surface area (Å²) < 4.78 is 0. The molecule has 1 unspecified atom stereocenters. The minimum absolute atomic E-state index is 0.303. The highest BCUT2D eigenvalue weighted by Crippen LogP contribution is 2.30. The van der Waals surface area contributed by atoms with Crippen LogP contribution in [0.4, 0.5) is 0 Å². The number of hydrogen-bond donors (Lipinski definition) is 1. The Bertz CT molecular complexity index is 561. The molecule has 2 aromatic carbocycles. The van der Waals surface area contributed by atoms with Crippen molar-refractivity contribution in [3.63, 3.8) is 0 Å². The van der Waals surface area contributed by atoms with E-state index in [0.29, 0.717) is 5.92 Å². The maximum Gasteiger partial charge on any atom is 0.0819 e. The third-order valence-electron chi connectivity index (χ3n) is 5.00. The van der Waals surface area contributed by atoms with Crippen LogP contribution in [0.25, 0.3) is 0 Å². The number of likely N-dealkylation sites (tertiary alicyclic amines) is 1. The van der Waals surface area contributed by atoms with Crippen LogP contribution in [0, 0.1) is 5.92 Å². The molecule has 1 heterocycles. The Morgan fingerprint density at radius 1 is 0.913 bits per heavy atom. The van der Waals surface area contributed by atoms with Crippen LogP contribution in [0.5, 0.6) is 0 Å². The summed E-state index contributed by atoms with van der Waals surface area (Å²) in [4.78, 5) is 2.55. The topological polar surface area (TPSA) is 23.5 Å². The van der Waals surface area contributed by atoms with Crippen LogP contribution in [-0.2, 0) is 6.42 Å². The molecule has 1 fully saturated rings. The molecule has 0 aliphatic carbocycles. The van der Waals surface area contributed by atoms with Gasteiger partial charge in [-0.2, -0.15) is 0 Å². The molecule has 0 amide bonds. The third-order valence-corrected chi connectivity index (χ3v) is 5.00. The summed E-state index contributed by atoms with van der Waals surface area (Å²) in [5.41, 5.74) is 2.50. The van der Waals surface area contributed by atoms with E-state index in [2.05, 4.69) is 35.2 Å². The Morgan fingerprint density at radius 3 is 2.17 bits per heavy atom. The highest BCUT2D eigenvalue weighted by Gasteiger charge is 2.25. The van der Waals surface area contributed by atoms with Crippen molar-refractivity contribution in [1.29, 1.82) is 0 Å². The molecular weight excluding hydrogens is 282 g/mol. The number of aryl methyl sites for hydroxylation is 1. The molecule has 1 atom stereocenters. The Morgan fingerprint density at radius 2 is 1.52 bits per heavy atom. The lowest BCUT2D eigenvalue weighted by Gasteiger charge is -2.34. The van der Waals surface area contributed by atoms with Crippen molar-refractivity contribution < 1.29 is 5.11 Å². The quantitative estimate of drug-likeness (QED) is 0.869. The van der Waals surface area contributed by atoms with Crippen LogP contribution in [0.2, 0.25) is 0 Å². The third kappa shape index (κ3) is 4.66. The van der Waals surface area contributed by atoms with Crippen LogP contribution < -0.4 is 0 Å². The number of piperidine rings is 1. The molecule has 2 aromatic rings. The molecule has 0 aromatic heterocycles. The van der Waals surface area contributed by atoms with Crippen molar-refractivity contribution in [1.82, 2.24) is 4.90 Å². The number of aliphatic hydroxyl groups excluding tert-OH is 1. The molecule has 3 rings (SSSR count). The molecule has 1 aliphatic heterocycles. The van der Waals surface area contributed by atoms with Gasteiger partial charge in [-0.25, -0.2) is 0 Å². The fraction of sp³-hybridized carbons (Fsp3) is 0.429. The number of benzene rings is 2. The predicted octanol–water partition coefficient (Wildman–Crippen LogP) is 4.06. The first-order valence-electron chi connectivity index (χ1n) is 8.82. The van der Waals surface area contributed by atoms with Crippen LogP contribution in [0.3, 0.4) is 0 Å². The van der Waals surface area contributed by atoms with E-state index < -0.39 is 0 Å². The lowest BCUT2D eigenvalue weighted by Crippen LogP contribution is -2.36. The van der Waals surface area contributed by atoms with Gasteiger partial charge in [-0.1, -0.05) is 60.7 Å². The maximum atomic E-state index is 10.5. The molecule has 23 heavy (non-hydrogen) atoms. The second-order valence-electron chi connectivity index (χ2n) is 6.62. The van der Waals surface area contributed by atoms with E-state index in [1.54, 1.807) is 0 Å². The summed E-state index contributed by atoms with van der Waals surface area (Å²) in [5.74, 6) is 0.405. The zero-order valence-electron chi connectivity index (χ0n) is 13.8. The summed E-state index contributed by atoms with van der Waals surface area (Å²) in [7, 11) is 0. The standard InChI is InChI=1S/C21H27NO/c23-21(19-11-5-2-6-12-19)20-13-16-22(17-14-20)15-7-10-18-8-3-1-4-9-18/h1-6,8-9,11-12,20-21,23H,7,10,13-17H2. The summed E-state index contributed by atoms with van der Waals surface area (Å²) in [6.07, 6.45) is 4.27. The van der Waals surface area contributed by atoms with Crippen LogP contribution in [0.1, 0.15) is 36.5 Å². The van der Waals surface area contributed by atoms with Crippen molar-refractivity contribution >= 4 is 0 Å². The van der Waals surface area contributed by atoms with Gasteiger partial charge in [0, 0.05) is 0 Å². The Kier molecular flexibility index (Phi) is 5.84. The molecule has 1 N–H and O–H groups in total. The van der Waals surface area contributed by atoms with Gasteiger partial charge >= 0.3 is 0 Å². The monoisotopic (exact) mass is 309 g/mol. The largest absolute Gasteiger partial charge is 0.388 e. The summed E-state index contributed by atoms with van der Waals surface area (Å²) in [6, 6.07) is 20.8. The second-order valence-corrected chi connectivity index (χ2v) is 6.62. The van der Waals surface area contributed by atoms with E-state index in [9.17, 15) is 5.11 Å². The fourth-order valence-electron chi connectivity index (χ4n) is 3.57. The summed E-state index contributed by atoms with van der Waals surface area (Å²) in [6.45, 7) is 3.40. The number of rotatable bonds is 6. The lowest BCUT2D eigenvalue weighted by molar-refractivity contribution is 0.0586. The Hall–Kier alpha value is -1.64. The summed E-state index contributed by atoms with van der Waals surface area (Å²) >= 11 is 0. The second kappa shape index (κ2) is 8.28. The van der Waals surface area contributed by atoms with Gasteiger partial charge in [-0.3, -0.25) is 0 Å². The normalized spacial score (nSPS) is 18.0. The van der Waals surface area contributed by atoms with Gasteiger partial charge in [0.15, 0.2) is 0 Å². The first-order valence-corrected chi connectivity index (χ1v) is 8.82. The van der Waals surface area contributed by atoms with E-state index in [0.717, 1.165) is 37.9 Å². The first-order chi connectivity index (χ1) is 11.3. The number of nitrogens with zero attached hydrogens (tertiary/aromatic N) is 1. The first kappa shape index (κ1) is 16.2. The van der Waals surface area contributed by atoms with Gasteiger partial charge in [-0.15, -0.1) is 0 Å². The molecule has 0 spiro atoms. The fourth-order valence-corrected chi connectivity index (χ4v) is 3.57. The van der Waals surface area contributed by atoms with Crippen LogP contribution in [-0.4, -0.2) is 29.6 Å². The molecule has 0 radical (unpaired) electrons. The van der Waals surface area contributed by atoms with Gasteiger partial charge in [-0.05, 0) is 62.4 Å². The number of hydrogen-bond acceptors (Lipinski definition) is 2. The molecular formula is C21H27NO. The van der Waals surface area contributed by atoms with Crippen LogP contribution in [0.15, 0.2) is 60.7 Å². The molecule has 2 nitrogen and oxygen atoms in total. The molecule has 2 heteroatoms. The van der Waals surface area contributed by atoms with Gasteiger partial charge in [0.05, 0.1) is 6.10 Å². The van der Waals surface area contributed by atoms with Gasteiger partial charge < -0.3 is 10.0 Å². The van der Waals surface area contributed by atoms with Crippen molar-refractivity contribution in [3.05, 3.63) is 71.8 Å². The smallest absolute Gasteiger partial charge is 0.0819 e. The maximum absolute atomic E-state index is 10.5. The lowest BCUT2D eigenvalue weighted by atomic mass is 9.87. The van der Waals surface area contributed by atoms with Crippen LogP contribution >= 0.6 is 0 Å². The predicted molar refractivity (Wildman–Crippen MR) is 95.3 cm³/mol.